The van der Waals surface area contributed by atoms with Gasteiger partial charge in [0, 0.05) is 39.8 Å². The molecule has 10 heteroatoms. The Kier molecular flexibility index (Phi) is 6.96. The third kappa shape index (κ3) is 6.84. The quantitative estimate of drug-likeness (QED) is 0.522. The standard InChI is InChI=1S/C17H33N5O4S/c1-17(2,3)26-16(23)21-11-14(12-21)20-15(18-4)19-10-13-6-8-22(9-7-13)27(5,24)25/h13-14H,6-12H2,1-5H3,(H2,18,19,20). The molecular formula is C17H33N5O4S. The maximum Gasteiger partial charge on any atom is 0.410 e. The summed E-state index contributed by atoms with van der Waals surface area (Å²) >= 11 is 0. The molecule has 2 saturated heterocycles. The third-order valence-corrected chi connectivity index (χ3v) is 6.00. The number of amides is 1. The van der Waals surface area contributed by atoms with Gasteiger partial charge < -0.3 is 20.3 Å². The Morgan fingerprint density at radius 3 is 2.30 bits per heavy atom. The molecule has 0 aromatic rings. The highest BCUT2D eigenvalue weighted by molar-refractivity contribution is 7.88. The molecule has 1 amide bonds. The molecule has 2 heterocycles. The lowest BCUT2D eigenvalue weighted by molar-refractivity contribution is 0.00700. The van der Waals surface area contributed by atoms with Crippen molar-refractivity contribution in [2.45, 2.75) is 45.3 Å². The van der Waals surface area contributed by atoms with E-state index in [-0.39, 0.29) is 12.1 Å². The first-order chi connectivity index (χ1) is 12.5. The lowest BCUT2D eigenvalue weighted by atomic mass is 9.98. The Balaban J connectivity index is 1.67. The second-order valence-corrected chi connectivity index (χ2v) is 10.3. The lowest BCUT2D eigenvalue weighted by Crippen LogP contribution is -2.63. The van der Waals surface area contributed by atoms with Crippen LogP contribution in [0.5, 0.6) is 0 Å². The lowest BCUT2D eigenvalue weighted by Gasteiger charge is -2.40. The number of sulfonamides is 1. The van der Waals surface area contributed by atoms with Crippen LogP contribution in [0.25, 0.3) is 0 Å². The predicted octanol–water partition coefficient (Wildman–Crippen LogP) is 0.442. The summed E-state index contributed by atoms with van der Waals surface area (Å²) in [5, 5.41) is 6.62. The number of guanidine groups is 1. The molecule has 0 saturated carbocycles. The van der Waals surface area contributed by atoms with Crippen molar-refractivity contribution < 1.29 is 17.9 Å². The van der Waals surface area contributed by atoms with Crippen molar-refractivity contribution in [3.05, 3.63) is 0 Å². The van der Waals surface area contributed by atoms with Gasteiger partial charge in [-0.25, -0.2) is 17.5 Å². The number of carbonyl (C=O) groups excluding carboxylic acids is 1. The highest BCUT2D eigenvalue weighted by Gasteiger charge is 2.34. The minimum absolute atomic E-state index is 0.149. The van der Waals surface area contributed by atoms with Crippen molar-refractivity contribution in [1.29, 1.82) is 0 Å². The SMILES string of the molecule is CN=C(NCC1CCN(S(C)(=O)=O)CC1)NC1CN(C(=O)OC(C)(C)C)C1. The average molecular weight is 404 g/mol. The van der Waals surface area contributed by atoms with Gasteiger partial charge in [0.1, 0.15) is 5.60 Å². The van der Waals surface area contributed by atoms with Gasteiger partial charge in [0.2, 0.25) is 10.0 Å². The Morgan fingerprint density at radius 2 is 1.81 bits per heavy atom. The smallest absolute Gasteiger partial charge is 0.410 e. The normalized spacial score (nSPS) is 20.9. The zero-order chi connectivity index (χ0) is 20.2. The largest absolute Gasteiger partial charge is 0.444 e. The average Bonchev–Trinajstić information content (AvgIpc) is 2.51. The van der Waals surface area contributed by atoms with Gasteiger partial charge in [-0.3, -0.25) is 4.99 Å². The van der Waals surface area contributed by atoms with Gasteiger partial charge in [-0.15, -0.1) is 0 Å². The topological polar surface area (TPSA) is 103 Å². The number of nitrogens with one attached hydrogen (secondary N) is 2. The molecule has 0 aromatic heterocycles. The molecule has 0 aromatic carbocycles. The fraction of sp³-hybridized carbons (Fsp3) is 0.882. The molecule has 2 rings (SSSR count). The van der Waals surface area contributed by atoms with E-state index in [4.69, 9.17) is 4.74 Å². The van der Waals surface area contributed by atoms with Gasteiger partial charge in [-0.1, -0.05) is 0 Å². The summed E-state index contributed by atoms with van der Waals surface area (Å²) < 4.78 is 30.0. The number of piperidine rings is 1. The summed E-state index contributed by atoms with van der Waals surface area (Å²) in [6.07, 6.45) is 2.65. The van der Waals surface area contributed by atoms with Crippen LogP contribution < -0.4 is 10.6 Å². The van der Waals surface area contributed by atoms with Crippen LogP contribution in [0.1, 0.15) is 33.6 Å². The molecule has 2 aliphatic heterocycles. The molecule has 2 fully saturated rings. The van der Waals surface area contributed by atoms with E-state index in [0.717, 1.165) is 19.4 Å². The van der Waals surface area contributed by atoms with Crippen LogP contribution >= 0.6 is 0 Å². The number of rotatable bonds is 4. The van der Waals surface area contributed by atoms with E-state index in [0.29, 0.717) is 38.1 Å². The van der Waals surface area contributed by atoms with Crippen LogP contribution in [0.4, 0.5) is 4.79 Å². The Labute approximate surface area is 162 Å². The number of hydrogen-bond acceptors (Lipinski definition) is 5. The van der Waals surface area contributed by atoms with E-state index >= 15 is 0 Å². The molecule has 0 atom stereocenters. The second-order valence-electron chi connectivity index (χ2n) is 8.29. The molecular weight excluding hydrogens is 370 g/mol. The van der Waals surface area contributed by atoms with Crippen molar-refractivity contribution in [2.75, 3.05) is 46.0 Å². The first-order valence-electron chi connectivity index (χ1n) is 9.38. The van der Waals surface area contributed by atoms with Crippen LogP contribution in [0.15, 0.2) is 4.99 Å². The van der Waals surface area contributed by atoms with E-state index in [1.807, 2.05) is 20.8 Å². The van der Waals surface area contributed by atoms with Crippen LogP contribution in [-0.2, 0) is 14.8 Å². The molecule has 0 bridgehead atoms. The molecule has 9 nitrogen and oxygen atoms in total. The molecule has 0 aliphatic carbocycles. The van der Waals surface area contributed by atoms with Crippen LogP contribution in [0.2, 0.25) is 0 Å². The number of hydrogen-bond donors (Lipinski definition) is 2. The molecule has 2 N–H and O–H groups in total. The van der Waals surface area contributed by atoms with E-state index < -0.39 is 15.6 Å². The minimum atomic E-state index is -3.09. The molecule has 27 heavy (non-hydrogen) atoms. The first-order valence-corrected chi connectivity index (χ1v) is 11.2. The van der Waals surface area contributed by atoms with Crippen molar-refractivity contribution >= 4 is 22.1 Å². The van der Waals surface area contributed by atoms with E-state index in [1.54, 1.807) is 11.9 Å². The maximum atomic E-state index is 12.0. The monoisotopic (exact) mass is 403 g/mol. The van der Waals surface area contributed by atoms with Crippen molar-refractivity contribution in [3.63, 3.8) is 0 Å². The number of likely N-dealkylation sites (tertiary alicyclic amines) is 1. The molecule has 0 spiro atoms. The zero-order valence-electron chi connectivity index (χ0n) is 17.0. The molecule has 156 valence electrons. The number of nitrogens with zero attached hydrogens (tertiary/aromatic N) is 3. The van der Waals surface area contributed by atoms with Crippen molar-refractivity contribution in [1.82, 2.24) is 19.8 Å². The van der Waals surface area contributed by atoms with Gasteiger partial charge in [0.15, 0.2) is 5.96 Å². The fourth-order valence-electron chi connectivity index (χ4n) is 3.12. The highest BCUT2D eigenvalue weighted by atomic mass is 32.2. The van der Waals surface area contributed by atoms with Gasteiger partial charge in [-0.05, 0) is 39.5 Å². The molecule has 2 aliphatic rings. The molecule has 0 radical (unpaired) electrons. The summed E-state index contributed by atoms with van der Waals surface area (Å²) in [6.45, 7) is 8.63. The highest BCUT2D eigenvalue weighted by Crippen LogP contribution is 2.18. The van der Waals surface area contributed by atoms with Crippen LogP contribution in [0.3, 0.4) is 0 Å². The van der Waals surface area contributed by atoms with E-state index in [2.05, 4.69) is 15.6 Å². The summed E-state index contributed by atoms with van der Waals surface area (Å²) in [7, 11) is -1.37. The summed E-state index contributed by atoms with van der Waals surface area (Å²) in [4.78, 5) is 17.8. The van der Waals surface area contributed by atoms with E-state index in [1.165, 1.54) is 10.6 Å². The summed E-state index contributed by atoms with van der Waals surface area (Å²) in [5.41, 5.74) is -0.486. The first kappa shape index (κ1) is 21.7. The minimum Gasteiger partial charge on any atom is -0.444 e. The fourth-order valence-corrected chi connectivity index (χ4v) is 3.99. The number of carbonyl (C=O) groups is 1. The summed E-state index contributed by atoms with van der Waals surface area (Å²) in [5.74, 6) is 1.12. The Hall–Kier alpha value is -1.55. The summed E-state index contributed by atoms with van der Waals surface area (Å²) in [6, 6.07) is 0.149. The number of aliphatic imine (C=N–C) groups is 1. The predicted molar refractivity (Wildman–Crippen MR) is 105 cm³/mol. The maximum absolute atomic E-state index is 12.0. The van der Waals surface area contributed by atoms with Gasteiger partial charge >= 0.3 is 6.09 Å². The van der Waals surface area contributed by atoms with Gasteiger partial charge in [0.25, 0.3) is 0 Å². The Morgan fingerprint density at radius 1 is 1.22 bits per heavy atom. The van der Waals surface area contributed by atoms with Crippen LogP contribution in [0, 0.1) is 5.92 Å². The number of ether oxygens (including phenoxy) is 1. The molecule has 0 unspecified atom stereocenters. The Bertz CT molecular complexity index is 645. The van der Waals surface area contributed by atoms with Crippen LogP contribution in [-0.4, -0.2) is 87.3 Å². The zero-order valence-corrected chi connectivity index (χ0v) is 17.8. The van der Waals surface area contributed by atoms with Gasteiger partial charge in [-0.2, -0.15) is 0 Å². The van der Waals surface area contributed by atoms with E-state index in [9.17, 15) is 13.2 Å². The van der Waals surface area contributed by atoms with Gasteiger partial charge in [0.05, 0.1) is 12.3 Å². The third-order valence-electron chi connectivity index (χ3n) is 4.70. The second kappa shape index (κ2) is 8.64. The van der Waals surface area contributed by atoms with Crippen molar-refractivity contribution in [2.24, 2.45) is 10.9 Å². The van der Waals surface area contributed by atoms with Crippen molar-refractivity contribution in [3.8, 4) is 0 Å².